The molecule has 25 heavy (non-hydrogen) atoms. The smallest absolute Gasteiger partial charge is 0.278 e. The van der Waals surface area contributed by atoms with E-state index in [0.717, 1.165) is 0 Å². The second kappa shape index (κ2) is 5.87. The summed E-state index contributed by atoms with van der Waals surface area (Å²) in [6, 6.07) is 9.34. The largest absolute Gasteiger partial charge is 0.454 e. The van der Waals surface area contributed by atoms with Crippen molar-refractivity contribution in [2.45, 2.75) is 6.10 Å². The molecule has 1 aliphatic heterocycles. The van der Waals surface area contributed by atoms with E-state index in [9.17, 15) is 14.7 Å². The Hall–Kier alpha value is -2.90. The molecule has 4 rings (SSSR count). The Kier molecular flexibility index (Phi) is 3.67. The van der Waals surface area contributed by atoms with Crippen LogP contribution in [0.3, 0.4) is 0 Å². The van der Waals surface area contributed by atoms with Crippen LogP contribution < -0.4 is 15.0 Å². The average molecular weight is 359 g/mol. The Morgan fingerprint density at radius 2 is 2.00 bits per heavy atom. The molecule has 0 amide bonds. The lowest BCUT2D eigenvalue weighted by Crippen LogP contribution is -2.24. The second-order valence-electron chi connectivity index (χ2n) is 5.46. The van der Waals surface area contributed by atoms with Gasteiger partial charge in [-0.15, -0.1) is 0 Å². The van der Waals surface area contributed by atoms with Crippen molar-refractivity contribution < 1.29 is 19.4 Å². The molecule has 3 aromatic rings. The van der Waals surface area contributed by atoms with E-state index < -0.39 is 17.4 Å². The Labute approximate surface area is 145 Å². The van der Waals surface area contributed by atoms with Crippen LogP contribution in [-0.4, -0.2) is 27.7 Å². The number of aromatic nitrogens is 2. The molecule has 2 heterocycles. The summed E-state index contributed by atoms with van der Waals surface area (Å²) in [6.07, 6.45) is -1.55. The van der Waals surface area contributed by atoms with Gasteiger partial charge in [0.25, 0.3) is 5.56 Å². The predicted octanol–water partition coefficient (Wildman–Crippen LogP) is 2.22. The standard InChI is InChI=1S/C17H11ClN2O5/c18-9-2-3-10-11(6-9)20-17(23)14(19-10)16(22)15(21)8-1-4-12-13(5-8)25-7-24-12/h1-6,15,21H,7H2,(H,20,23)/t15-/m1/s1. The molecule has 8 heteroatoms. The molecule has 2 N–H and O–H groups in total. The lowest BCUT2D eigenvalue weighted by molar-refractivity contribution is 0.0740. The number of ketones is 1. The normalized spacial score (nSPS) is 13.8. The lowest BCUT2D eigenvalue weighted by Gasteiger charge is -2.10. The molecule has 0 unspecified atom stereocenters. The summed E-state index contributed by atoms with van der Waals surface area (Å²) in [6.45, 7) is 0.0806. The van der Waals surface area contributed by atoms with Crippen LogP contribution >= 0.6 is 11.6 Å². The lowest BCUT2D eigenvalue weighted by atomic mass is 10.0. The van der Waals surface area contributed by atoms with Crippen molar-refractivity contribution in [3.05, 3.63) is 63.0 Å². The summed E-state index contributed by atoms with van der Waals surface area (Å²) in [4.78, 5) is 31.3. The quantitative estimate of drug-likeness (QED) is 0.696. The summed E-state index contributed by atoms with van der Waals surface area (Å²) in [5.74, 6) is 0.151. The summed E-state index contributed by atoms with van der Waals surface area (Å²) >= 11 is 5.87. The van der Waals surface area contributed by atoms with Crippen LogP contribution in [-0.2, 0) is 0 Å². The summed E-state index contributed by atoms with van der Waals surface area (Å²) in [5.41, 5.74) is 0.0167. The summed E-state index contributed by atoms with van der Waals surface area (Å²) in [7, 11) is 0. The van der Waals surface area contributed by atoms with Crippen molar-refractivity contribution in [2.75, 3.05) is 6.79 Å². The molecule has 1 atom stereocenters. The van der Waals surface area contributed by atoms with Crippen LogP contribution in [0.25, 0.3) is 11.0 Å². The Morgan fingerprint density at radius 3 is 2.84 bits per heavy atom. The van der Waals surface area contributed by atoms with Gasteiger partial charge in [0.05, 0.1) is 11.0 Å². The number of hydrogen-bond acceptors (Lipinski definition) is 6. The number of nitrogens with one attached hydrogen (secondary N) is 1. The summed E-state index contributed by atoms with van der Waals surface area (Å²) < 4.78 is 10.4. The number of benzene rings is 2. The molecule has 1 aromatic heterocycles. The molecule has 126 valence electrons. The highest BCUT2D eigenvalue weighted by atomic mass is 35.5. The first-order valence-corrected chi connectivity index (χ1v) is 7.72. The van der Waals surface area contributed by atoms with E-state index in [1.165, 1.54) is 18.2 Å². The molecule has 2 aromatic carbocycles. The topological polar surface area (TPSA) is 102 Å². The first kappa shape index (κ1) is 15.6. The van der Waals surface area contributed by atoms with Crippen LogP contribution in [0.15, 0.2) is 41.2 Å². The van der Waals surface area contributed by atoms with Crippen molar-refractivity contribution in [1.29, 1.82) is 0 Å². The van der Waals surface area contributed by atoms with Crippen molar-refractivity contribution in [2.24, 2.45) is 0 Å². The van der Waals surface area contributed by atoms with E-state index in [-0.39, 0.29) is 18.1 Å². The number of carbonyl (C=O) groups excluding carboxylic acids is 1. The van der Waals surface area contributed by atoms with Gasteiger partial charge in [-0.2, -0.15) is 0 Å². The minimum absolute atomic E-state index is 0.0806. The third-order valence-electron chi connectivity index (χ3n) is 3.85. The number of fused-ring (bicyclic) bond motifs is 2. The van der Waals surface area contributed by atoms with Crippen LogP contribution in [0.2, 0.25) is 5.02 Å². The van der Waals surface area contributed by atoms with Gasteiger partial charge in [-0.3, -0.25) is 9.59 Å². The van der Waals surface area contributed by atoms with Gasteiger partial charge in [0.15, 0.2) is 17.2 Å². The molecule has 0 aliphatic carbocycles. The number of hydrogen-bond donors (Lipinski definition) is 2. The molecular formula is C17H11ClN2O5. The van der Waals surface area contributed by atoms with Gasteiger partial charge in [0.2, 0.25) is 12.6 Å². The zero-order valence-electron chi connectivity index (χ0n) is 12.7. The molecule has 7 nitrogen and oxygen atoms in total. The molecular weight excluding hydrogens is 348 g/mol. The van der Waals surface area contributed by atoms with E-state index in [1.807, 2.05) is 0 Å². The minimum Gasteiger partial charge on any atom is -0.454 e. The highest BCUT2D eigenvalue weighted by Gasteiger charge is 2.26. The Balaban J connectivity index is 1.72. The number of ether oxygens (including phenoxy) is 2. The fraction of sp³-hybridized carbons (Fsp3) is 0.118. The maximum atomic E-state index is 12.5. The van der Waals surface area contributed by atoms with E-state index in [0.29, 0.717) is 27.6 Å². The number of aliphatic hydroxyl groups is 1. The Morgan fingerprint density at radius 1 is 1.20 bits per heavy atom. The number of carbonyl (C=O) groups is 1. The summed E-state index contributed by atoms with van der Waals surface area (Å²) in [5, 5.41) is 10.8. The molecule has 0 saturated heterocycles. The number of Topliss-reactive ketones (excluding diaryl/α,β-unsaturated/α-hetero) is 1. The first-order valence-electron chi connectivity index (χ1n) is 7.34. The maximum Gasteiger partial charge on any atom is 0.278 e. The van der Waals surface area contributed by atoms with Crippen LogP contribution in [0.4, 0.5) is 0 Å². The fourth-order valence-corrected chi connectivity index (χ4v) is 2.76. The highest BCUT2D eigenvalue weighted by Crippen LogP contribution is 2.34. The van der Waals surface area contributed by atoms with Crippen LogP contribution in [0.1, 0.15) is 22.2 Å². The molecule has 0 saturated carbocycles. The van der Waals surface area contributed by atoms with E-state index in [1.54, 1.807) is 18.2 Å². The minimum atomic E-state index is -1.55. The Bertz CT molecular complexity index is 1060. The molecule has 0 fully saturated rings. The van der Waals surface area contributed by atoms with Gasteiger partial charge in [-0.05, 0) is 35.9 Å². The maximum absolute atomic E-state index is 12.5. The van der Waals surface area contributed by atoms with E-state index >= 15 is 0 Å². The molecule has 1 aliphatic rings. The molecule has 0 radical (unpaired) electrons. The van der Waals surface area contributed by atoms with Crippen molar-refractivity contribution in [3.63, 3.8) is 0 Å². The third-order valence-corrected chi connectivity index (χ3v) is 4.08. The van der Waals surface area contributed by atoms with E-state index in [2.05, 4.69) is 9.97 Å². The van der Waals surface area contributed by atoms with Crippen molar-refractivity contribution >= 4 is 28.4 Å². The monoisotopic (exact) mass is 358 g/mol. The van der Waals surface area contributed by atoms with Gasteiger partial charge in [-0.25, -0.2) is 4.98 Å². The fourth-order valence-electron chi connectivity index (χ4n) is 2.59. The molecule has 0 bridgehead atoms. The number of rotatable bonds is 3. The van der Waals surface area contributed by atoms with Crippen molar-refractivity contribution in [3.8, 4) is 11.5 Å². The first-order chi connectivity index (χ1) is 12.0. The number of aliphatic hydroxyl groups excluding tert-OH is 1. The van der Waals surface area contributed by atoms with Gasteiger partial charge < -0.3 is 19.6 Å². The second-order valence-corrected chi connectivity index (χ2v) is 5.89. The number of H-pyrrole nitrogens is 1. The van der Waals surface area contributed by atoms with Crippen LogP contribution in [0.5, 0.6) is 11.5 Å². The van der Waals surface area contributed by atoms with Crippen LogP contribution in [0, 0.1) is 0 Å². The van der Waals surface area contributed by atoms with Gasteiger partial charge in [0.1, 0.15) is 6.10 Å². The van der Waals surface area contributed by atoms with E-state index in [4.69, 9.17) is 21.1 Å². The highest BCUT2D eigenvalue weighted by molar-refractivity contribution is 6.31. The predicted molar refractivity (Wildman–Crippen MR) is 89.2 cm³/mol. The zero-order valence-corrected chi connectivity index (χ0v) is 13.4. The molecule has 0 spiro atoms. The van der Waals surface area contributed by atoms with Gasteiger partial charge in [-0.1, -0.05) is 17.7 Å². The number of halogens is 1. The zero-order chi connectivity index (χ0) is 17.6. The third kappa shape index (κ3) is 2.73. The van der Waals surface area contributed by atoms with Gasteiger partial charge in [0, 0.05) is 5.02 Å². The van der Waals surface area contributed by atoms with Crippen molar-refractivity contribution in [1.82, 2.24) is 9.97 Å². The number of nitrogens with zero attached hydrogens (tertiary/aromatic N) is 1. The average Bonchev–Trinajstić information content (AvgIpc) is 3.07. The number of aromatic amines is 1. The van der Waals surface area contributed by atoms with Gasteiger partial charge >= 0.3 is 0 Å². The SMILES string of the molecule is O=C(c1nc2ccc(Cl)cc2[nH]c1=O)[C@H](O)c1ccc2c(c1)OCO2.